The Bertz CT molecular complexity index is 598. The van der Waals surface area contributed by atoms with E-state index >= 15 is 0 Å². The van der Waals surface area contributed by atoms with Crippen LogP contribution in [0.2, 0.25) is 0 Å². The van der Waals surface area contributed by atoms with Gasteiger partial charge >= 0.3 is 0 Å². The van der Waals surface area contributed by atoms with E-state index in [-0.39, 0.29) is 0 Å². The predicted molar refractivity (Wildman–Crippen MR) is 77.3 cm³/mol. The maximum absolute atomic E-state index is 10.9. The average molecular weight is 252 g/mol. The highest BCUT2D eigenvalue weighted by atomic mass is 16.5. The van der Waals surface area contributed by atoms with Gasteiger partial charge in [-0.3, -0.25) is 4.79 Å². The van der Waals surface area contributed by atoms with Crippen LogP contribution in [0, 0.1) is 6.92 Å². The van der Waals surface area contributed by atoms with Crippen molar-refractivity contribution in [2.75, 3.05) is 7.11 Å². The van der Waals surface area contributed by atoms with E-state index in [1.54, 1.807) is 13.2 Å². The van der Waals surface area contributed by atoms with Gasteiger partial charge in [0.25, 0.3) is 0 Å². The van der Waals surface area contributed by atoms with E-state index in [1.807, 2.05) is 55.5 Å². The second kappa shape index (κ2) is 6.01. The molecule has 0 saturated carbocycles. The molecule has 0 aliphatic carbocycles. The molecule has 2 aromatic rings. The van der Waals surface area contributed by atoms with Gasteiger partial charge in [-0.05, 0) is 47.4 Å². The first-order chi connectivity index (χ1) is 9.26. The number of allylic oxidation sites excluding steroid dienone is 1. The minimum Gasteiger partial charge on any atom is -0.496 e. The number of carbonyl (C=O) groups is 1. The molecule has 2 nitrogen and oxygen atoms in total. The van der Waals surface area contributed by atoms with Crippen molar-refractivity contribution in [2.24, 2.45) is 0 Å². The van der Waals surface area contributed by atoms with Crippen LogP contribution >= 0.6 is 0 Å². The number of aryl methyl sites for hydroxylation is 1. The molecule has 2 heteroatoms. The first-order valence-electron chi connectivity index (χ1n) is 6.12. The van der Waals surface area contributed by atoms with E-state index in [2.05, 4.69) is 0 Å². The van der Waals surface area contributed by atoms with Crippen LogP contribution in [0.5, 0.6) is 5.75 Å². The molecule has 2 aromatic carbocycles. The summed E-state index contributed by atoms with van der Waals surface area (Å²) >= 11 is 0. The smallest absolute Gasteiger partial charge is 0.143 e. The molecule has 0 saturated heterocycles. The normalized spacial score (nSPS) is 11.2. The molecule has 0 aliphatic heterocycles. The molecule has 0 N–H and O–H groups in total. The molecule has 0 spiro atoms. The van der Waals surface area contributed by atoms with Crippen molar-refractivity contribution in [2.45, 2.75) is 6.92 Å². The molecule has 0 aromatic heterocycles. The molecule has 96 valence electrons. The van der Waals surface area contributed by atoms with Crippen molar-refractivity contribution < 1.29 is 9.53 Å². The zero-order chi connectivity index (χ0) is 13.7. The summed E-state index contributed by atoms with van der Waals surface area (Å²) in [7, 11) is 1.65. The minimum atomic E-state index is 0.821. The van der Waals surface area contributed by atoms with E-state index in [4.69, 9.17) is 4.74 Å². The van der Waals surface area contributed by atoms with Crippen molar-refractivity contribution in [1.29, 1.82) is 0 Å². The summed E-state index contributed by atoms with van der Waals surface area (Å²) < 4.78 is 5.26. The van der Waals surface area contributed by atoms with E-state index in [9.17, 15) is 4.79 Å². The van der Waals surface area contributed by atoms with Crippen molar-refractivity contribution in [1.82, 2.24) is 0 Å². The standard InChI is InChI=1S/C17H16O2/c1-13-12-15(8-9-17(13)19-2)16(10-11-18)14-6-4-3-5-7-14/h3-12H,1-2H3/b16-10+. The van der Waals surface area contributed by atoms with Gasteiger partial charge in [0, 0.05) is 0 Å². The highest BCUT2D eigenvalue weighted by molar-refractivity contribution is 5.89. The molecular formula is C17H16O2. The summed E-state index contributed by atoms with van der Waals surface area (Å²) in [4.78, 5) is 10.9. The summed E-state index contributed by atoms with van der Waals surface area (Å²) in [6.45, 7) is 1.99. The van der Waals surface area contributed by atoms with Gasteiger partial charge < -0.3 is 4.74 Å². The van der Waals surface area contributed by atoms with Crippen molar-refractivity contribution in [3.8, 4) is 5.75 Å². The highest BCUT2D eigenvalue weighted by Crippen LogP contribution is 2.27. The summed E-state index contributed by atoms with van der Waals surface area (Å²) in [5.41, 5.74) is 4.00. The van der Waals surface area contributed by atoms with Gasteiger partial charge in [-0.1, -0.05) is 36.4 Å². The Labute approximate surface area is 113 Å². The predicted octanol–water partition coefficient (Wildman–Crippen LogP) is 3.63. The quantitative estimate of drug-likeness (QED) is 0.613. The fourth-order valence-electron chi connectivity index (χ4n) is 2.09. The molecule has 0 aliphatic rings. The maximum atomic E-state index is 10.9. The molecule has 0 unspecified atom stereocenters. The van der Waals surface area contributed by atoms with E-state index in [1.165, 1.54) is 0 Å². The zero-order valence-electron chi connectivity index (χ0n) is 11.1. The number of aldehydes is 1. The summed E-state index contributed by atoms with van der Waals surface area (Å²) in [6.07, 6.45) is 2.42. The molecule has 0 amide bonds. The zero-order valence-corrected chi connectivity index (χ0v) is 11.1. The Balaban J connectivity index is 2.49. The minimum absolute atomic E-state index is 0.821. The first-order valence-corrected chi connectivity index (χ1v) is 6.12. The van der Waals surface area contributed by atoms with Crippen LogP contribution in [0.15, 0.2) is 54.6 Å². The topological polar surface area (TPSA) is 26.3 Å². The number of hydrogen-bond acceptors (Lipinski definition) is 2. The molecule has 2 rings (SSSR count). The number of carbonyl (C=O) groups excluding carboxylic acids is 1. The Morgan fingerprint density at radius 2 is 1.79 bits per heavy atom. The number of rotatable bonds is 4. The van der Waals surface area contributed by atoms with E-state index in [0.29, 0.717) is 0 Å². The van der Waals surface area contributed by atoms with Crippen LogP contribution in [0.4, 0.5) is 0 Å². The Kier molecular flexibility index (Phi) is 4.14. The third-order valence-corrected chi connectivity index (χ3v) is 3.03. The lowest BCUT2D eigenvalue weighted by Crippen LogP contribution is -1.92. The monoisotopic (exact) mass is 252 g/mol. The summed E-state index contributed by atoms with van der Waals surface area (Å²) in [5, 5.41) is 0. The van der Waals surface area contributed by atoms with Crippen LogP contribution in [-0.4, -0.2) is 13.4 Å². The third kappa shape index (κ3) is 2.91. The van der Waals surface area contributed by atoms with Crippen molar-refractivity contribution >= 4 is 11.9 Å². The number of hydrogen-bond donors (Lipinski definition) is 0. The first kappa shape index (κ1) is 13.1. The highest BCUT2D eigenvalue weighted by Gasteiger charge is 2.06. The Hall–Kier alpha value is -2.35. The van der Waals surface area contributed by atoms with Gasteiger partial charge in [0.15, 0.2) is 0 Å². The van der Waals surface area contributed by atoms with Gasteiger partial charge in [-0.2, -0.15) is 0 Å². The SMILES string of the molecule is COc1ccc(/C(=C/C=O)c2ccccc2)cc1C. The Morgan fingerprint density at radius 1 is 1.05 bits per heavy atom. The van der Waals surface area contributed by atoms with Crippen LogP contribution in [0.25, 0.3) is 5.57 Å². The summed E-state index contributed by atoms with van der Waals surface area (Å²) in [6, 6.07) is 15.8. The fourth-order valence-corrected chi connectivity index (χ4v) is 2.09. The van der Waals surface area contributed by atoms with E-state index in [0.717, 1.165) is 34.3 Å². The number of methoxy groups -OCH3 is 1. The van der Waals surface area contributed by atoms with Gasteiger partial charge in [0.1, 0.15) is 12.0 Å². The largest absolute Gasteiger partial charge is 0.496 e. The van der Waals surface area contributed by atoms with Gasteiger partial charge in [-0.25, -0.2) is 0 Å². The van der Waals surface area contributed by atoms with Crippen molar-refractivity contribution in [3.63, 3.8) is 0 Å². The van der Waals surface area contributed by atoms with Crippen molar-refractivity contribution in [3.05, 3.63) is 71.3 Å². The Morgan fingerprint density at radius 3 is 2.37 bits per heavy atom. The molecule has 0 radical (unpaired) electrons. The second-order valence-electron chi connectivity index (χ2n) is 4.27. The van der Waals surface area contributed by atoms with Gasteiger partial charge in [0.05, 0.1) is 7.11 Å². The van der Waals surface area contributed by atoms with Crippen LogP contribution < -0.4 is 4.74 Å². The fraction of sp³-hybridized carbons (Fsp3) is 0.118. The lowest BCUT2D eigenvalue weighted by molar-refractivity contribution is -0.104. The van der Waals surface area contributed by atoms with Crippen LogP contribution in [0.1, 0.15) is 16.7 Å². The lowest BCUT2D eigenvalue weighted by atomic mass is 9.96. The number of benzene rings is 2. The van der Waals surface area contributed by atoms with Crippen LogP contribution in [0.3, 0.4) is 0 Å². The number of ether oxygens (including phenoxy) is 1. The maximum Gasteiger partial charge on any atom is 0.143 e. The third-order valence-electron chi connectivity index (χ3n) is 3.03. The van der Waals surface area contributed by atoms with E-state index < -0.39 is 0 Å². The van der Waals surface area contributed by atoms with Crippen LogP contribution in [-0.2, 0) is 4.79 Å². The molecule has 0 fully saturated rings. The molecular weight excluding hydrogens is 236 g/mol. The average Bonchev–Trinajstić information content (AvgIpc) is 2.45. The molecule has 0 atom stereocenters. The molecule has 0 heterocycles. The van der Waals surface area contributed by atoms with Gasteiger partial charge in [-0.15, -0.1) is 0 Å². The lowest BCUT2D eigenvalue weighted by Gasteiger charge is -2.10. The second-order valence-corrected chi connectivity index (χ2v) is 4.27. The summed E-state index contributed by atoms with van der Waals surface area (Å²) in [5.74, 6) is 0.849. The molecule has 19 heavy (non-hydrogen) atoms. The molecule has 0 bridgehead atoms. The van der Waals surface area contributed by atoms with Gasteiger partial charge in [0.2, 0.25) is 0 Å².